The molecule has 2 unspecified atom stereocenters. The van der Waals surface area contributed by atoms with E-state index in [-0.39, 0.29) is 11.9 Å². The first-order valence-corrected chi connectivity index (χ1v) is 6.81. The molecule has 98 valence electrons. The first kappa shape index (κ1) is 12.8. The van der Waals surface area contributed by atoms with Crippen molar-refractivity contribution < 1.29 is 9.53 Å². The minimum atomic E-state index is 0.0800. The monoisotopic (exact) mass is 240 g/mol. The molecule has 17 heavy (non-hydrogen) atoms. The number of rotatable bonds is 6. The van der Waals surface area contributed by atoms with Crippen LogP contribution >= 0.6 is 0 Å². The van der Waals surface area contributed by atoms with Gasteiger partial charge in [0.05, 0.1) is 6.61 Å². The van der Waals surface area contributed by atoms with Gasteiger partial charge >= 0.3 is 0 Å². The predicted molar refractivity (Wildman–Crippen MR) is 66.5 cm³/mol. The van der Waals surface area contributed by atoms with Crippen LogP contribution in [0, 0.1) is 11.8 Å². The second-order valence-corrected chi connectivity index (χ2v) is 5.37. The number of hydrogen-bond donors (Lipinski definition) is 1. The van der Waals surface area contributed by atoms with Crippen LogP contribution in [-0.4, -0.2) is 43.2 Å². The van der Waals surface area contributed by atoms with E-state index in [2.05, 4.69) is 0 Å². The molecule has 1 heterocycles. The lowest BCUT2D eigenvalue weighted by atomic mass is 10.1. The van der Waals surface area contributed by atoms with Gasteiger partial charge in [-0.3, -0.25) is 4.79 Å². The molecule has 1 aliphatic heterocycles. The molecule has 1 saturated heterocycles. The molecule has 0 spiro atoms. The van der Waals surface area contributed by atoms with Crippen molar-refractivity contribution in [1.29, 1.82) is 0 Å². The van der Waals surface area contributed by atoms with Crippen LogP contribution in [0.4, 0.5) is 0 Å². The van der Waals surface area contributed by atoms with Gasteiger partial charge in [-0.25, -0.2) is 0 Å². The minimum Gasteiger partial charge on any atom is -0.381 e. The van der Waals surface area contributed by atoms with Crippen molar-refractivity contribution >= 4 is 5.91 Å². The van der Waals surface area contributed by atoms with E-state index in [4.69, 9.17) is 10.5 Å². The van der Waals surface area contributed by atoms with Gasteiger partial charge in [0.25, 0.3) is 0 Å². The summed E-state index contributed by atoms with van der Waals surface area (Å²) in [6, 6.07) is 0.0800. The summed E-state index contributed by atoms with van der Waals surface area (Å²) in [7, 11) is 0. The third-order valence-electron chi connectivity index (χ3n) is 3.87. The van der Waals surface area contributed by atoms with E-state index < -0.39 is 0 Å². The number of nitrogens with two attached hydrogens (primary N) is 1. The normalized spacial score (nSPS) is 25.9. The van der Waals surface area contributed by atoms with Gasteiger partial charge in [-0.2, -0.15) is 0 Å². The summed E-state index contributed by atoms with van der Waals surface area (Å²) in [4.78, 5) is 14.1. The van der Waals surface area contributed by atoms with E-state index in [1.165, 1.54) is 12.8 Å². The predicted octanol–water partition coefficient (Wildman–Crippen LogP) is 0.999. The summed E-state index contributed by atoms with van der Waals surface area (Å²) < 4.78 is 5.35. The molecule has 4 nitrogen and oxygen atoms in total. The van der Waals surface area contributed by atoms with Gasteiger partial charge in [-0.1, -0.05) is 0 Å². The Kier molecular flexibility index (Phi) is 4.40. The molecule has 2 fully saturated rings. The highest BCUT2D eigenvalue weighted by atomic mass is 16.5. The number of carbonyl (C=O) groups excluding carboxylic acids is 1. The molecule has 1 saturated carbocycles. The molecule has 0 aromatic rings. The SMILES string of the molecule is CCN(CC1CCOC1)C(=O)CC(N)C1CC1. The zero-order valence-electron chi connectivity index (χ0n) is 10.7. The highest BCUT2D eigenvalue weighted by Crippen LogP contribution is 2.33. The van der Waals surface area contributed by atoms with Crippen molar-refractivity contribution in [2.75, 3.05) is 26.3 Å². The van der Waals surface area contributed by atoms with Crippen LogP contribution in [0.2, 0.25) is 0 Å². The van der Waals surface area contributed by atoms with Crippen LogP contribution in [0.25, 0.3) is 0 Å². The maximum atomic E-state index is 12.1. The molecule has 2 aliphatic rings. The van der Waals surface area contributed by atoms with E-state index in [0.717, 1.165) is 32.7 Å². The lowest BCUT2D eigenvalue weighted by Crippen LogP contribution is -2.39. The highest BCUT2D eigenvalue weighted by molar-refractivity contribution is 5.76. The molecule has 0 bridgehead atoms. The molecule has 1 aliphatic carbocycles. The molecule has 2 atom stereocenters. The van der Waals surface area contributed by atoms with Crippen LogP contribution in [-0.2, 0) is 9.53 Å². The fourth-order valence-corrected chi connectivity index (χ4v) is 2.47. The zero-order valence-corrected chi connectivity index (χ0v) is 10.7. The van der Waals surface area contributed by atoms with Gasteiger partial charge < -0.3 is 15.4 Å². The van der Waals surface area contributed by atoms with Gasteiger partial charge in [-0.15, -0.1) is 0 Å². The smallest absolute Gasteiger partial charge is 0.224 e. The second-order valence-electron chi connectivity index (χ2n) is 5.37. The van der Waals surface area contributed by atoms with Crippen molar-refractivity contribution in [2.45, 2.75) is 38.6 Å². The average molecular weight is 240 g/mol. The van der Waals surface area contributed by atoms with E-state index in [1.54, 1.807) is 0 Å². The fraction of sp³-hybridized carbons (Fsp3) is 0.923. The summed E-state index contributed by atoms with van der Waals surface area (Å²) in [5, 5.41) is 0. The summed E-state index contributed by atoms with van der Waals surface area (Å²) in [5.74, 6) is 1.35. The van der Waals surface area contributed by atoms with Crippen LogP contribution in [0.3, 0.4) is 0 Å². The molecule has 4 heteroatoms. The number of carbonyl (C=O) groups is 1. The Labute approximate surface area is 103 Å². The van der Waals surface area contributed by atoms with Crippen molar-refractivity contribution in [3.05, 3.63) is 0 Å². The summed E-state index contributed by atoms with van der Waals surface area (Å²) in [6.07, 6.45) is 4.01. The largest absolute Gasteiger partial charge is 0.381 e. The summed E-state index contributed by atoms with van der Waals surface area (Å²) >= 11 is 0. The molecule has 1 amide bonds. The first-order chi connectivity index (χ1) is 8.20. The maximum absolute atomic E-state index is 12.1. The summed E-state index contributed by atoms with van der Waals surface area (Å²) in [5.41, 5.74) is 6.01. The van der Waals surface area contributed by atoms with Crippen molar-refractivity contribution in [3.63, 3.8) is 0 Å². The van der Waals surface area contributed by atoms with E-state index >= 15 is 0 Å². The standard InChI is InChI=1S/C13H24N2O2/c1-2-15(8-10-5-6-17-9-10)13(16)7-12(14)11-3-4-11/h10-12H,2-9,14H2,1H3. The Balaban J connectivity index is 1.76. The van der Waals surface area contributed by atoms with Crippen molar-refractivity contribution in [3.8, 4) is 0 Å². The average Bonchev–Trinajstić information content (AvgIpc) is 3.04. The minimum absolute atomic E-state index is 0.0800. The molecule has 2 rings (SSSR count). The molecule has 0 radical (unpaired) electrons. The van der Waals surface area contributed by atoms with Gasteiger partial charge in [0.15, 0.2) is 0 Å². The number of amides is 1. The van der Waals surface area contributed by atoms with Crippen LogP contribution in [0.5, 0.6) is 0 Å². The Hall–Kier alpha value is -0.610. The molecule has 0 aromatic heterocycles. The third kappa shape index (κ3) is 3.68. The Bertz CT molecular complexity index is 260. The van der Waals surface area contributed by atoms with E-state index in [9.17, 15) is 4.79 Å². The number of hydrogen-bond acceptors (Lipinski definition) is 3. The van der Waals surface area contributed by atoms with Gasteiger partial charge in [0, 0.05) is 38.1 Å². The maximum Gasteiger partial charge on any atom is 0.224 e. The topological polar surface area (TPSA) is 55.6 Å². The molecular formula is C13H24N2O2. The van der Waals surface area contributed by atoms with Crippen molar-refractivity contribution in [2.24, 2.45) is 17.6 Å². The highest BCUT2D eigenvalue weighted by Gasteiger charge is 2.31. The molecular weight excluding hydrogens is 216 g/mol. The number of nitrogens with zero attached hydrogens (tertiary/aromatic N) is 1. The lowest BCUT2D eigenvalue weighted by Gasteiger charge is -2.25. The first-order valence-electron chi connectivity index (χ1n) is 6.81. The Morgan fingerprint density at radius 3 is 2.76 bits per heavy atom. The lowest BCUT2D eigenvalue weighted by molar-refractivity contribution is -0.132. The Morgan fingerprint density at radius 1 is 1.47 bits per heavy atom. The second kappa shape index (κ2) is 5.83. The Morgan fingerprint density at radius 2 is 2.24 bits per heavy atom. The van der Waals surface area contributed by atoms with Gasteiger partial charge in [0.2, 0.25) is 5.91 Å². The van der Waals surface area contributed by atoms with Gasteiger partial charge in [0.1, 0.15) is 0 Å². The van der Waals surface area contributed by atoms with E-state index in [1.807, 2.05) is 11.8 Å². The third-order valence-corrected chi connectivity index (χ3v) is 3.87. The van der Waals surface area contributed by atoms with Crippen LogP contribution < -0.4 is 5.73 Å². The van der Waals surface area contributed by atoms with Crippen LogP contribution in [0.1, 0.15) is 32.6 Å². The summed E-state index contributed by atoms with van der Waals surface area (Å²) in [6.45, 7) is 5.31. The molecule has 0 aromatic carbocycles. The van der Waals surface area contributed by atoms with Crippen molar-refractivity contribution in [1.82, 2.24) is 4.90 Å². The quantitative estimate of drug-likeness (QED) is 0.753. The molecule has 2 N–H and O–H groups in total. The van der Waals surface area contributed by atoms with Gasteiger partial charge in [-0.05, 0) is 32.1 Å². The fourth-order valence-electron chi connectivity index (χ4n) is 2.47. The van der Waals surface area contributed by atoms with E-state index in [0.29, 0.717) is 18.3 Å². The zero-order chi connectivity index (χ0) is 12.3. The van der Waals surface area contributed by atoms with Crippen LogP contribution in [0.15, 0.2) is 0 Å². The number of ether oxygens (including phenoxy) is 1.